The first-order valence-corrected chi connectivity index (χ1v) is 7.18. The minimum Gasteiger partial charge on any atom is -0.438 e. The van der Waals surface area contributed by atoms with Crippen molar-refractivity contribution in [3.05, 3.63) is 66.4 Å². The zero-order chi connectivity index (χ0) is 14.5. The molecular formula is C18H18N2O. The summed E-state index contributed by atoms with van der Waals surface area (Å²) in [5, 5.41) is 5.54. The molecule has 2 aromatic carbocycles. The van der Waals surface area contributed by atoms with E-state index in [4.69, 9.17) is 4.74 Å². The number of hydrogen-bond acceptors (Lipinski definition) is 3. The number of benzene rings is 2. The second-order valence-electron chi connectivity index (χ2n) is 4.86. The van der Waals surface area contributed by atoms with Crippen molar-refractivity contribution < 1.29 is 4.74 Å². The molecule has 0 spiro atoms. The van der Waals surface area contributed by atoms with Crippen LogP contribution in [0.2, 0.25) is 0 Å². The molecule has 3 rings (SSSR count). The van der Waals surface area contributed by atoms with Gasteiger partial charge in [0.1, 0.15) is 5.75 Å². The van der Waals surface area contributed by atoms with Gasteiger partial charge in [-0.2, -0.15) is 0 Å². The SMILES string of the molecule is CCNCc1ccc(Oc2cccc3ccccc23)nc1. The Morgan fingerprint density at radius 3 is 2.67 bits per heavy atom. The smallest absolute Gasteiger partial charge is 0.219 e. The number of ether oxygens (including phenoxy) is 1. The molecule has 0 unspecified atom stereocenters. The fourth-order valence-corrected chi connectivity index (χ4v) is 2.24. The topological polar surface area (TPSA) is 34.1 Å². The van der Waals surface area contributed by atoms with Gasteiger partial charge < -0.3 is 10.1 Å². The molecule has 1 heterocycles. The maximum atomic E-state index is 5.92. The minimum atomic E-state index is 0.617. The predicted molar refractivity (Wildman–Crippen MR) is 85.6 cm³/mol. The van der Waals surface area contributed by atoms with Gasteiger partial charge in [-0.3, -0.25) is 0 Å². The van der Waals surface area contributed by atoms with Gasteiger partial charge in [-0.1, -0.05) is 49.4 Å². The summed E-state index contributed by atoms with van der Waals surface area (Å²) in [6.45, 7) is 3.87. The maximum absolute atomic E-state index is 5.92. The van der Waals surface area contributed by atoms with Crippen LogP contribution in [0, 0.1) is 0 Å². The highest BCUT2D eigenvalue weighted by atomic mass is 16.5. The lowest BCUT2D eigenvalue weighted by Gasteiger charge is -2.08. The predicted octanol–water partition coefficient (Wildman–Crippen LogP) is 4.14. The number of nitrogens with one attached hydrogen (secondary N) is 1. The third-order valence-electron chi connectivity index (χ3n) is 3.34. The Hall–Kier alpha value is -2.39. The molecule has 3 heteroatoms. The third-order valence-corrected chi connectivity index (χ3v) is 3.34. The van der Waals surface area contributed by atoms with Crippen molar-refractivity contribution in [3.63, 3.8) is 0 Å². The molecule has 0 bridgehead atoms. The van der Waals surface area contributed by atoms with Crippen LogP contribution in [-0.4, -0.2) is 11.5 Å². The molecule has 106 valence electrons. The van der Waals surface area contributed by atoms with Gasteiger partial charge in [0.05, 0.1) is 0 Å². The zero-order valence-electron chi connectivity index (χ0n) is 12.0. The van der Waals surface area contributed by atoms with E-state index in [-0.39, 0.29) is 0 Å². The zero-order valence-corrected chi connectivity index (χ0v) is 12.0. The summed E-state index contributed by atoms with van der Waals surface area (Å²) in [5.41, 5.74) is 1.15. The van der Waals surface area contributed by atoms with Crippen molar-refractivity contribution >= 4 is 10.8 Å². The van der Waals surface area contributed by atoms with Crippen LogP contribution >= 0.6 is 0 Å². The Labute approximate surface area is 124 Å². The van der Waals surface area contributed by atoms with Gasteiger partial charge in [0.2, 0.25) is 5.88 Å². The molecule has 0 saturated carbocycles. The first-order chi connectivity index (χ1) is 10.4. The van der Waals surface area contributed by atoms with E-state index in [1.165, 1.54) is 5.39 Å². The van der Waals surface area contributed by atoms with Gasteiger partial charge in [-0.25, -0.2) is 4.98 Å². The van der Waals surface area contributed by atoms with E-state index in [0.29, 0.717) is 5.88 Å². The summed E-state index contributed by atoms with van der Waals surface area (Å²) >= 11 is 0. The van der Waals surface area contributed by atoms with Crippen LogP contribution in [0.5, 0.6) is 11.6 Å². The average molecular weight is 278 g/mol. The van der Waals surface area contributed by atoms with Gasteiger partial charge >= 0.3 is 0 Å². The monoisotopic (exact) mass is 278 g/mol. The lowest BCUT2D eigenvalue weighted by atomic mass is 10.1. The molecule has 0 amide bonds. The minimum absolute atomic E-state index is 0.617. The third kappa shape index (κ3) is 3.20. The van der Waals surface area contributed by atoms with Crippen LogP contribution in [0.25, 0.3) is 10.8 Å². The van der Waals surface area contributed by atoms with Gasteiger partial charge in [0.25, 0.3) is 0 Å². The molecule has 0 atom stereocenters. The molecule has 0 saturated heterocycles. The van der Waals surface area contributed by atoms with Crippen LogP contribution in [0.1, 0.15) is 12.5 Å². The van der Waals surface area contributed by atoms with E-state index >= 15 is 0 Å². The fourth-order valence-electron chi connectivity index (χ4n) is 2.24. The molecule has 3 nitrogen and oxygen atoms in total. The molecule has 0 aliphatic heterocycles. The number of nitrogens with zero attached hydrogens (tertiary/aromatic N) is 1. The van der Waals surface area contributed by atoms with Gasteiger partial charge in [-0.15, -0.1) is 0 Å². The molecule has 0 aliphatic carbocycles. The maximum Gasteiger partial charge on any atom is 0.219 e. The van der Waals surface area contributed by atoms with Gasteiger partial charge in [0.15, 0.2) is 0 Å². The van der Waals surface area contributed by atoms with Crippen LogP contribution in [0.4, 0.5) is 0 Å². The van der Waals surface area contributed by atoms with Crippen LogP contribution in [0.3, 0.4) is 0 Å². The van der Waals surface area contributed by atoms with Crippen molar-refractivity contribution in [2.24, 2.45) is 0 Å². The molecule has 1 N–H and O–H groups in total. The normalized spacial score (nSPS) is 10.7. The molecule has 0 radical (unpaired) electrons. The summed E-state index contributed by atoms with van der Waals surface area (Å²) in [6.07, 6.45) is 1.85. The molecule has 0 fully saturated rings. The molecule has 3 aromatic rings. The van der Waals surface area contributed by atoms with Crippen molar-refractivity contribution in [1.29, 1.82) is 0 Å². The highest BCUT2D eigenvalue weighted by Crippen LogP contribution is 2.28. The fraction of sp³-hybridized carbons (Fsp3) is 0.167. The quantitative estimate of drug-likeness (QED) is 0.761. The lowest BCUT2D eigenvalue weighted by molar-refractivity contribution is 0.467. The highest BCUT2D eigenvalue weighted by Gasteiger charge is 2.03. The van der Waals surface area contributed by atoms with Crippen LogP contribution in [0.15, 0.2) is 60.8 Å². The van der Waals surface area contributed by atoms with Crippen LogP contribution < -0.4 is 10.1 Å². The van der Waals surface area contributed by atoms with E-state index in [2.05, 4.69) is 35.4 Å². The van der Waals surface area contributed by atoms with Gasteiger partial charge in [-0.05, 0) is 23.6 Å². The second-order valence-corrected chi connectivity index (χ2v) is 4.86. The second kappa shape index (κ2) is 6.37. The number of pyridine rings is 1. The van der Waals surface area contributed by atoms with Crippen molar-refractivity contribution in [2.75, 3.05) is 6.54 Å². The molecular weight excluding hydrogens is 260 g/mol. The Kier molecular flexibility index (Phi) is 4.12. The van der Waals surface area contributed by atoms with Gasteiger partial charge in [0, 0.05) is 24.2 Å². The number of fused-ring (bicyclic) bond motifs is 1. The summed E-state index contributed by atoms with van der Waals surface area (Å²) in [7, 11) is 0. The van der Waals surface area contributed by atoms with E-state index in [9.17, 15) is 0 Å². The van der Waals surface area contributed by atoms with E-state index in [0.717, 1.165) is 29.8 Å². The molecule has 21 heavy (non-hydrogen) atoms. The summed E-state index contributed by atoms with van der Waals surface area (Å²) in [4.78, 5) is 4.37. The Morgan fingerprint density at radius 2 is 1.86 bits per heavy atom. The summed E-state index contributed by atoms with van der Waals surface area (Å²) < 4.78 is 5.92. The van der Waals surface area contributed by atoms with Crippen LogP contribution in [-0.2, 0) is 6.54 Å². The summed E-state index contributed by atoms with van der Waals surface area (Å²) in [5.74, 6) is 1.45. The first-order valence-electron chi connectivity index (χ1n) is 7.18. The first kappa shape index (κ1) is 13.6. The summed E-state index contributed by atoms with van der Waals surface area (Å²) in [6, 6.07) is 18.2. The number of rotatable bonds is 5. The van der Waals surface area contributed by atoms with E-state index < -0.39 is 0 Å². The Bertz CT molecular complexity index is 717. The van der Waals surface area contributed by atoms with E-state index in [1.807, 2.05) is 42.6 Å². The highest BCUT2D eigenvalue weighted by molar-refractivity contribution is 5.88. The average Bonchev–Trinajstić information content (AvgIpc) is 2.55. The Balaban J connectivity index is 1.82. The standard InChI is InChI=1S/C18H18N2O/c1-2-19-12-14-10-11-18(20-13-14)21-17-9-5-7-15-6-3-4-8-16(15)17/h3-11,13,19H,2,12H2,1H3. The van der Waals surface area contributed by atoms with Crippen molar-refractivity contribution in [2.45, 2.75) is 13.5 Å². The number of hydrogen-bond donors (Lipinski definition) is 1. The van der Waals surface area contributed by atoms with Crippen molar-refractivity contribution in [3.8, 4) is 11.6 Å². The lowest BCUT2D eigenvalue weighted by Crippen LogP contribution is -2.11. The Morgan fingerprint density at radius 1 is 1.00 bits per heavy atom. The number of aromatic nitrogens is 1. The molecule has 1 aromatic heterocycles. The van der Waals surface area contributed by atoms with E-state index in [1.54, 1.807) is 0 Å². The molecule has 0 aliphatic rings. The van der Waals surface area contributed by atoms with Crippen molar-refractivity contribution in [1.82, 2.24) is 10.3 Å². The largest absolute Gasteiger partial charge is 0.438 e.